The lowest BCUT2D eigenvalue weighted by Gasteiger charge is -2.24. The van der Waals surface area contributed by atoms with Gasteiger partial charge in [-0.25, -0.2) is 4.98 Å². The van der Waals surface area contributed by atoms with Crippen molar-refractivity contribution in [1.29, 1.82) is 0 Å². The maximum atomic E-state index is 5.74. The number of thioether (sulfide) groups is 1. The van der Waals surface area contributed by atoms with Gasteiger partial charge in [-0.2, -0.15) is 0 Å². The zero-order chi connectivity index (χ0) is 18.8. The molecule has 0 radical (unpaired) electrons. The fourth-order valence-electron chi connectivity index (χ4n) is 3.90. The minimum absolute atomic E-state index is 0.541. The van der Waals surface area contributed by atoms with Gasteiger partial charge in [0.05, 0.1) is 5.69 Å². The molecular formula is C21H26N4OS. The molecule has 0 amide bonds. The molecule has 1 saturated carbocycles. The Morgan fingerprint density at radius 2 is 1.93 bits per heavy atom. The number of benzene rings is 1. The Balaban J connectivity index is 1.48. The van der Waals surface area contributed by atoms with Crippen LogP contribution in [0.4, 0.5) is 0 Å². The van der Waals surface area contributed by atoms with Gasteiger partial charge in [0.2, 0.25) is 5.89 Å². The van der Waals surface area contributed by atoms with E-state index >= 15 is 0 Å². The Labute approximate surface area is 164 Å². The molecule has 2 heterocycles. The lowest BCUT2D eigenvalue weighted by molar-refractivity contribution is 0.332. The molecule has 27 heavy (non-hydrogen) atoms. The number of aryl methyl sites for hydroxylation is 3. The Hall–Kier alpha value is -2.08. The summed E-state index contributed by atoms with van der Waals surface area (Å²) in [5.41, 5.74) is 4.42. The van der Waals surface area contributed by atoms with E-state index in [0.717, 1.165) is 28.0 Å². The van der Waals surface area contributed by atoms with E-state index in [9.17, 15) is 0 Å². The molecule has 1 aromatic carbocycles. The van der Waals surface area contributed by atoms with E-state index in [-0.39, 0.29) is 0 Å². The van der Waals surface area contributed by atoms with E-state index in [0.29, 0.717) is 11.9 Å². The van der Waals surface area contributed by atoms with E-state index < -0.39 is 0 Å². The fraction of sp³-hybridized carbons (Fsp3) is 0.476. The molecular weight excluding hydrogens is 356 g/mol. The first-order valence-electron chi connectivity index (χ1n) is 9.68. The number of hydrogen-bond donors (Lipinski definition) is 0. The summed E-state index contributed by atoms with van der Waals surface area (Å²) in [6, 6.07) is 6.87. The van der Waals surface area contributed by atoms with Crippen molar-refractivity contribution in [2.24, 2.45) is 0 Å². The van der Waals surface area contributed by atoms with Crippen LogP contribution in [0.5, 0.6) is 0 Å². The maximum Gasteiger partial charge on any atom is 0.226 e. The predicted octanol–water partition coefficient (Wildman–Crippen LogP) is 5.66. The van der Waals surface area contributed by atoms with Crippen molar-refractivity contribution in [2.75, 3.05) is 0 Å². The number of rotatable bonds is 5. The Morgan fingerprint density at radius 1 is 1.11 bits per heavy atom. The van der Waals surface area contributed by atoms with E-state index in [4.69, 9.17) is 9.40 Å². The highest BCUT2D eigenvalue weighted by Crippen LogP contribution is 2.33. The second kappa shape index (κ2) is 7.89. The summed E-state index contributed by atoms with van der Waals surface area (Å²) in [5, 5.41) is 9.73. The van der Waals surface area contributed by atoms with Gasteiger partial charge in [0.15, 0.2) is 5.16 Å². The minimum Gasteiger partial charge on any atom is -0.444 e. The van der Waals surface area contributed by atoms with Gasteiger partial charge < -0.3 is 8.98 Å². The summed E-state index contributed by atoms with van der Waals surface area (Å²) in [5.74, 6) is 2.44. The lowest BCUT2D eigenvalue weighted by Crippen LogP contribution is -2.15. The van der Waals surface area contributed by atoms with Crippen LogP contribution in [0.15, 0.2) is 34.0 Å². The highest BCUT2D eigenvalue weighted by molar-refractivity contribution is 7.98. The molecule has 0 spiro atoms. The van der Waals surface area contributed by atoms with Gasteiger partial charge in [0, 0.05) is 17.4 Å². The smallest absolute Gasteiger partial charge is 0.226 e. The van der Waals surface area contributed by atoms with Crippen molar-refractivity contribution in [1.82, 2.24) is 19.7 Å². The summed E-state index contributed by atoms with van der Waals surface area (Å²) in [4.78, 5) is 4.69. The van der Waals surface area contributed by atoms with Crippen molar-refractivity contribution in [3.63, 3.8) is 0 Å². The molecule has 0 aliphatic heterocycles. The third-order valence-electron chi connectivity index (χ3n) is 5.29. The van der Waals surface area contributed by atoms with Crippen LogP contribution >= 0.6 is 11.8 Å². The van der Waals surface area contributed by atoms with Crippen LogP contribution in [-0.2, 0) is 5.75 Å². The molecule has 0 atom stereocenters. The van der Waals surface area contributed by atoms with Crippen molar-refractivity contribution >= 4 is 11.8 Å². The van der Waals surface area contributed by atoms with Crippen molar-refractivity contribution in [3.05, 3.63) is 47.1 Å². The number of nitrogens with zero attached hydrogens (tertiary/aromatic N) is 4. The van der Waals surface area contributed by atoms with Crippen molar-refractivity contribution in [3.8, 4) is 11.5 Å². The zero-order valence-corrected chi connectivity index (χ0v) is 17.1. The van der Waals surface area contributed by atoms with Gasteiger partial charge >= 0.3 is 0 Å². The van der Waals surface area contributed by atoms with Gasteiger partial charge in [0.1, 0.15) is 12.1 Å². The van der Waals surface area contributed by atoms with Crippen LogP contribution in [0.1, 0.15) is 60.8 Å². The molecule has 1 aliphatic rings. The summed E-state index contributed by atoms with van der Waals surface area (Å²) in [6.07, 6.45) is 8.17. The van der Waals surface area contributed by atoms with Crippen LogP contribution in [0.3, 0.4) is 0 Å². The van der Waals surface area contributed by atoms with Crippen molar-refractivity contribution in [2.45, 2.75) is 69.8 Å². The average Bonchev–Trinajstić information content (AvgIpc) is 3.27. The van der Waals surface area contributed by atoms with Crippen LogP contribution < -0.4 is 0 Å². The molecule has 142 valence electrons. The molecule has 4 rings (SSSR count). The molecule has 3 aromatic rings. The maximum absolute atomic E-state index is 5.74. The van der Waals surface area contributed by atoms with Gasteiger partial charge in [-0.1, -0.05) is 48.7 Å². The Morgan fingerprint density at radius 3 is 2.70 bits per heavy atom. The monoisotopic (exact) mass is 382 g/mol. The van der Waals surface area contributed by atoms with Gasteiger partial charge in [-0.05, 0) is 45.2 Å². The molecule has 1 aliphatic carbocycles. The van der Waals surface area contributed by atoms with Crippen LogP contribution in [0.2, 0.25) is 0 Å². The quantitative estimate of drug-likeness (QED) is 0.533. The second-order valence-corrected chi connectivity index (χ2v) is 8.39. The van der Waals surface area contributed by atoms with Crippen LogP contribution in [0, 0.1) is 20.8 Å². The number of oxazole rings is 1. The molecule has 0 N–H and O–H groups in total. The Kier molecular flexibility index (Phi) is 5.34. The first kappa shape index (κ1) is 18.3. The normalized spacial score (nSPS) is 15.4. The minimum atomic E-state index is 0.541. The van der Waals surface area contributed by atoms with Crippen LogP contribution in [-0.4, -0.2) is 19.7 Å². The SMILES string of the molecule is Cc1ccc(-c2nc(CSc3nnc(C)n3C3CCCCC3)co2)c(C)c1. The molecule has 6 heteroatoms. The third kappa shape index (κ3) is 3.95. The molecule has 0 unspecified atom stereocenters. The first-order valence-corrected chi connectivity index (χ1v) is 10.7. The summed E-state index contributed by atoms with van der Waals surface area (Å²) < 4.78 is 8.07. The van der Waals surface area contributed by atoms with E-state index in [1.54, 1.807) is 18.0 Å². The number of aromatic nitrogens is 4. The summed E-state index contributed by atoms with van der Waals surface area (Å²) in [6.45, 7) is 6.25. The highest BCUT2D eigenvalue weighted by atomic mass is 32.2. The summed E-state index contributed by atoms with van der Waals surface area (Å²) >= 11 is 1.70. The average molecular weight is 383 g/mol. The molecule has 5 nitrogen and oxygen atoms in total. The Bertz CT molecular complexity index is 924. The number of hydrogen-bond acceptors (Lipinski definition) is 5. The lowest BCUT2D eigenvalue weighted by atomic mass is 9.95. The first-order chi connectivity index (χ1) is 13.1. The van der Waals surface area contributed by atoms with Crippen molar-refractivity contribution < 1.29 is 4.42 Å². The zero-order valence-electron chi connectivity index (χ0n) is 16.2. The highest BCUT2D eigenvalue weighted by Gasteiger charge is 2.21. The molecule has 2 aromatic heterocycles. The molecule has 1 fully saturated rings. The molecule has 0 bridgehead atoms. The summed E-state index contributed by atoms with van der Waals surface area (Å²) in [7, 11) is 0. The molecule has 0 saturated heterocycles. The van der Waals surface area contributed by atoms with Crippen LogP contribution in [0.25, 0.3) is 11.5 Å². The fourth-order valence-corrected chi connectivity index (χ4v) is 4.83. The van der Waals surface area contributed by atoms with Gasteiger partial charge in [-0.3, -0.25) is 0 Å². The standard InChI is InChI=1S/C21H26N4OS/c1-14-9-10-19(15(2)11-14)20-22-17(12-26-20)13-27-21-24-23-16(3)25(21)18-7-5-4-6-8-18/h9-12,18H,4-8,13H2,1-3H3. The van der Waals surface area contributed by atoms with E-state index in [1.165, 1.54) is 43.2 Å². The largest absolute Gasteiger partial charge is 0.444 e. The predicted molar refractivity (Wildman–Crippen MR) is 108 cm³/mol. The van der Waals surface area contributed by atoms with E-state index in [2.05, 4.69) is 53.7 Å². The van der Waals surface area contributed by atoms with E-state index in [1.807, 2.05) is 0 Å². The second-order valence-electron chi connectivity index (χ2n) is 7.44. The van der Waals surface area contributed by atoms with Gasteiger partial charge in [0.25, 0.3) is 0 Å². The van der Waals surface area contributed by atoms with Gasteiger partial charge in [-0.15, -0.1) is 10.2 Å². The topological polar surface area (TPSA) is 56.7 Å². The third-order valence-corrected chi connectivity index (χ3v) is 6.26.